The van der Waals surface area contributed by atoms with E-state index in [2.05, 4.69) is 20.4 Å². The molecule has 2 heterocycles. The number of anilines is 1. The molecule has 0 radical (unpaired) electrons. The first-order valence-electron chi connectivity index (χ1n) is 6.42. The van der Waals surface area contributed by atoms with E-state index in [1.807, 2.05) is 13.8 Å². The van der Waals surface area contributed by atoms with Crippen LogP contribution < -0.4 is 5.32 Å². The van der Waals surface area contributed by atoms with E-state index in [1.54, 1.807) is 18.3 Å². The predicted molar refractivity (Wildman–Crippen MR) is 71.9 cm³/mol. The second kappa shape index (κ2) is 6.40. The van der Waals surface area contributed by atoms with Crippen molar-refractivity contribution in [2.45, 2.75) is 32.2 Å². The summed E-state index contributed by atoms with van der Waals surface area (Å²) in [5.74, 6) is 1.41. The number of nitrogens with zero attached hydrogens (tertiary/aromatic N) is 4. The zero-order chi connectivity index (χ0) is 14.5. The minimum Gasteiger partial charge on any atom is -0.368 e. The molecular weight excluding hydrogens is 264 g/mol. The fourth-order valence-electron chi connectivity index (χ4n) is 1.73. The van der Waals surface area contributed by atoms with Crippen LogP contribution in [0.5, 0.6) is 0 Å². The summed E-state index contributed by atoms with van der Waals surface area (Å²) in [6.45, 7) is 4.00. The Morgan fingerprint density at radius 1 is 1.30 bits per heavy atom. The van der Waals surface area contributed by atoms with E-state index in [-0.39, 0.29) is 12.5 Å². The molecule has 0 aromatic carbocycles. The van der Waals surface area contributed by atoms with Crippen LogP contribution in [0.3, 0.4) is 0 Å². The second-order valence-electron chi connectivity index (χ2n) is 4.72. The van der Waals surface area contributed by atoms with Crippen LogP contribution in [0.2, 0.25) is 0 Å². The predicted octanol–water partition coefficient (Wildman–Crippen LogP) is 2.71. The van der Waals surface area contributed by atoms with Crippen molar-refractivity contribution >= 4 is 5.82 Å². The smallest absolute Gasteiger partial charge is 0.262 e. The summed E-state index contributed by atoms with van der Waals surface area (Å²) in [5.41, 5.74) is 0. The topological polar surface area (TPSA) is 55.6 Å². The van der Waals surface area contributed by atoms with Crippen molar-refractivity contribution in [2.75, 3.05) is 11.9 Å². The van der Waals surface area contributed by atoms with E-state index < -0.39 is 12.5 Å². The van der Waals surface area contributed by atoms with Crippen molar-refractivity contribution in [3.8, 4) is 0 Å². The molecule has 2 aromatic rings. The van der Waals surface area contributed by atoms with E-state index in [0.717, 1.165) is 0 Å². The van der Waals surface area contributed by atoms with Gasteiger partial charge in [0, 0.05) is 31.1 Å². The first-order valence-corrected chi connectivity index (χ1v) is 6.42. The highest BCUT2D eigenvalue weighted by Gasteiger charge is 2.22. The van der Waals surface area contributed by atoms with Gasteiger partial charge in [0.2, 0.25) is 0 Å². The lowest BCUT2D eigenvalue weighted by atomic mass is 10.2. The normalized spacial score (nSPS) is 12.9. The van der Waals surface area contributed by atoms with Crippen LogP contribution in [-0.2, 0) is 0 Å². The molecule has 0 aliphatic carbocycles. The summed E-state index contributed by atoms with van der Waals surface area (Å²) in [6.07, 6.45) is 2.12. The van der Waals surface area contributed by atoms with Gasteiger partial charge in [0.25, 0.3) is 6.43 Å². The molecule has 2 rings (SSSR count). The first kappa shape index (κ1) is 14.4. The number of halogens is 2. The monoisotopic (exact) mass is 281 g/mol. The van der Waals surface area contributed by atoms with Crippen LogP contribution in [-0.4, -0.2) is 32.7 Å². The zero-order valence-corrected chi connectivity index (χ0v) is 11.4. The van der Waals surface area contributed by atoms with Crippen molar-refractivity contribution in [1.29, 1.82) is 0 Å². The summed E-state index contributed by atoms with van der Waals surface area (Å²) in [7, 11) is 0. The van der Waals surface area contributed by atoms with Crippen molar-refractivity contribution < 1.29 is 8.78 Å². The van der Waals surface area contributed by atoms with Gasteiger partial charge in [-0.2, -0.15) is 5.10 Å². The third-order valence-corrected chi connectivity index (χ3v) is 2.84. The molecule has 0 spiro atoms. The molecule has 20 heavy (non-hydrogen) atoms. The lowest BCUT2D eigenvalue weighted by molar-refractivity contribution is 0.0825. The van der Waals surface area contributed by atoms with Gasteiger partial charge in [0.1, 0.15) is 17.7 Å². The van der Waals surface area contributed by atoms with E-state index >= 15 is 0 Å². The quantitative estimate of drug-likeness (QED) is 0.884. The van der Waals surface area contributed by atoms with Crippen molar-refractivity contribution in [3.05, 3.63) is 36.5 Å². The van der Waals surface area contributed by atoms with E-state index in [1.165, 1.54) is 17.1 Å². The maximum atomic E-state index is 13.0. The summed E-state index contributed by atoms with van der Waals surface area (Å²) < 4.78 is 27.3. The SMILES string of the molecule is CC(C)c1nccc(NCC(C(F)F)n2cccn2)n1. The van der Waals surface area contributed by atoms with Crippen LogP contribution in [0.15, 0.2) is 30.7 Å². The molecule has 0 aliphatic heterocycles. The molecule has 1 N–H and O–H groups in total. The molecule has 7 heteroatoms. The lowest BCUT2D eigenvalue weighted by Gasteiger charge is -2.18. The molecule has 1 unspecified atom stereocenters. The molecular formula is C13H17F2N5. The molecule has 0 saturated carbocycles. The molecule has 0 bridgehead atoms. The third-order valence-electron chi connectivity index (χ3n) is 2.84. The Labute approximate surface area is 116 Å². The number of aromatic nitrogens is 4. The number of hydrogen-bond donors (Lipinski definition) is 1. The average molecular weight is 281 g/mol. The van der Waals surface area contributed by atoms with Crippen molar-refractivity contribution in [3.63, 3.8) is 0 Å². The fourth-order valence-corrected chi connectivity index (χ4v) is 1.73. The molecule has 108 valence electrons. The highest BCUT2D eigenvalue weighted by Crippen LogP contribution is 2.17. The van der Waals surface area contributed by atoms with Gasteiger partial charge < -0.3 is 5.32 Å². The highest BCUT2D eigenvalue weighted by molar-refractivity contribution is 5.33. The Balaban J connectivity index is 2.04. The Morgan fingerprint density at radius 2 is 2.10 bits per heavy atom. The Kier molecular flexibility index (Phi) is 4.60. The van der Waals surface area contributed by atoms with Crippen LogP contribution in [0.1, 0.15) is 31.6 Å². The van der Waals surface area contributed by atoms with Crippen molar-refractivity contribution in [1.82, 2.24) is 19.7 Å². The van der Waals surface area contributed by atoms with Gasteiger partial charge in [-0.05, 0) is 12.1 Å². The van der Waals surface area contributed by atoms with Gasteiger partial charge in [-0.3, -0.25) is 4.68 Å². The number of rotatable bonds is 6. The molecule has 5 nitrogen and oxygen atoms in total. The maximum absolute atomic E-state index is 13.0. The Morgan fingerprint density at radius 3 is 2.70 bits per heavy atom. The standard InChI is InChI=1S/C13H17F2N5/c1-9(2)13-16-6-4-11(19-13)17-8-10(12(14)15)20-7-3-5-18-20/h3-7,9-10,12H,8H2,1-2H3,(H,16,17,19). The first-order chi connectivity index (χ1) is 9.58. The largest absolute Gasteiger partial charge is 0.368 e. The molecule has 2 aromatic heterocycles. The zero-order valence-electron chi connectivity index (χ0n) is 11.4. The minimum atomic E-state index is -2.51. The van der Waals surface area contributed by atoms with Crippen molar-refractivity contribution in [2.24, 2.45) is 0 Å². The molecule has 0 amide bonds. The maximum Gasteiger partial charge on any atom is 0.262 e. The molecule has 0 saturated heterocycles. The van der Waals surface area contributed by atoms with Crippen LogP contribution >= 0.6 is 0 Å². The van der Waals surface area contributed by atoms with Gasteiger partial charge in [0.15, 0.2) is 0 Å². The average Bonchev–Trinajstić information content (AvgIpc) is 2.93. The van der Waals surface area contributed by atoms with Gasteiger partial charge in [-0.25, -0.2) is 18.7 Å². The van der Waals surface area contributed by atoms with E-state index in [0.29, 0.717) is 11.6 Å². The Hall–Kier alpha value is -2.05. The van der Waals surface area contributed by atoms with Gasteiger partial charge in [-0.15, -0.1) is 0 Å². The highest BCUT2D eigenvalue weighted by atomic mass is 19.3. The number of hydrogen-bond acceptors (Lipinski definition) is 4. The lowest BCUT2D eigenvalue weighted by Crippen LogP contribution is -2.26. The molecule has 0 aliphatic rings. The summed E-state index contributed by atoms with van der Waals surface area (Å²) >= 11 is 0. The van der Waals surface area contributed by atoms with Crippen LogP contribution in [0.25, 0.3) is 0 Å². The molecule has 0 fully saturated rings. The van der Waals surface area contributed by atoms with E-state index in [4.69, 9.17) is 0 Å². The number of nitrogens with one attached hydrogen (secondary N) is 1. The summed E-state index contributed by atoms with van der Waals surface area (Å²) in [5, 5.41) is 6.78. The van der Waals surface area contributed by atoms with Gasteiger partial charge in [-0.1, -0.05) is 13.8 Å². The fraction of sp³-hybridized carbons (Fsp3) is 0.462. The summed E-state index contributed by atoms with van der Waals surface area (Å²) in [4.78, 5) is 8.42. The third kappa shape index (κ3) is 3.49. The van der Waals surface area contributed by atoms with E-state index in [9.17, 15) is 8.78 Å². The van der Waals surface area contributed by atoms with Crippen LogP contribution in [0.4, 0.5) is 14.6 Å². The van der Waals surface area contributed by atoms with Gasteiger partial charge in [0.05, 0.1) is 0 Å². The second-order valence-corrected chi connectivity index (χ2v) is 4.72. The molecule has 1 atom stereocenters. The van der Waals surface area contributed by atoms with Crippen LogP contribution in [0, 0.1) is 0 Å². The number of alkyl halides is 2. The Bertz CT molecular complexity index is 527. The summed E-state index contributed by atoms with van der Waals surface area (Å²) in [6, 6.07) is 2.26. The van der Waals surface area contributed by atoms with Gasteiger partial charge >= 0.3 is 0 Å². The minimum absolute atomic E-state index is 0.0495.